The molecule has 3 heteroatoms. The minimum atomic E-state index is 0.0615. The van der Waals surface area contributed by atoms with Crippen molar-refractivity contribution in [2.45, 2.75) is 39.4 Å². The Bertz CT molecular complexity index is 153. The first kappa shape index (κ1) is 9.96. The van der Waals surface area contributed by atoms with E-state index in [1.807, 2.05) is 0 Å². The lowest BCUT2D eigenvalue weighted by atomic mass is 9.80. The van der Waals surface area contributed by atoms with E-state index < -0.39 is 0 Å². The average Bonchev–Trinajstić information content (AvgIpc) is 2.29. The highest BCUT2D eigenvalue weighted by atomic mass is 16.3. The van der Waals surface area contributed by atoms with Crippen molar-refractivity contribution in [2.75, 3.05) is 6.61 Å². The number of hydrogen-bond acceptors (Lipinski definition) is 3. The Kier molecular flexibility index (Phi) is 2.76. The molecular weight excluding hydrogens is 152 g/mol. The smallest absolute Gasteiger partial charge is 0.0552 e. The molecule has 72 valence electrons. The summed E-state index contributed by atoms with van der Waals surface area (Å²) in [6.07, 6.45) is 0.949. The second-order valence-electron chi connectivity index (χ2n) is 4.80. The van der Waals surface area contributed by atoms with Gasteiger partial charge in [0.15, 0.2) is 0 Å². The molecule has 0 bridgehead atoms. The van der Waals surface area contributed by atoms with E-state index in [2.05, 4.69) is 26.1 Å². The fourth-order valence-electron chi connectivity index (χ4n) is 2.03. The monoisotopic (exact) mass is 172 g/mol. The lowest BCUT2D eigenvalue weighted by Gasteiger charge is -2.31. The zero-order chi connectivity index (χ0) is 9.35. The topological polar surface area (TPSA) is 58.3 Å². The van der Waals surface area contributed by atoms with E-state index in [0.717, 1.165) is 6.42 Å². The van der Waals surface area contributed by atoms with Gasteiger partial charge >= 0.3 is 0 Å². The van der Waals surface area contributed by atoms with Gasteiger partial charge in [-0.25, -0.2) is 0 Å². The second-order valence-corrected chi connectivity index (χ2v) is 4.80. The van der Waals surface area contributed by atoms with Crippen LogP contribution in [0.25, 0.3) is 0 Å². The summed E-state index contributed by atoms with van der Waals surface area (Å²) in [4.78, 5) is 0. The molecule has 3 atom stereocenters. The average molecular weight is 172 g/mol. The van der Waals surface area contributed by atoms with Crippen LogP contribution in [0.5, 0.6) is 0 Å². The normalized spacial score (nSPS) is 37.2. The van der Waals surface area contributed by atoms with Gasteiger partial charge in [-0.05, 0) is 11.8 Å². The molecule has 12 heavy (non-hydrogen) atoms. The Morgan fingerprint density at radius 1 is 1.50 bits per heavy atom. The maximum atomic E-state index is 9.12. The van der Waals surface area contributed by atoms with E-state index in [-0.39, 0.29) is 18.2 Å². The third-order valence-electron chi connectivity index (χ3n) is 2.59. The molecule has 0 radical (unpaired) electrons. The van der Waals surface area contributed by atoms with Crippen LogP contribution in [-0.4, -0.2) is 23.9 Å². The Hall–Kier alpha value is -0.120. The lowest BCUT2D eigenvalue weighted by Crippen LogP contribution is -2.44. The third kappa shape index (κ3) is 1.97. The number of aliphatic hydroxyl groups excluding tert-OH is 1. The summed E-state index contributed by atoms with van der Waals surface area (Å²) < 4.78 is 0. The summed E-state index contributed by atoms with van der Waals surface area (Å²) in [7, 11) is 0. The molecule has 1 aliphatic heterocycles. The molecule has 0 spiro atoms. The zero-order valence-corrected chi connectivity index (χ0v) is 8.17. The standard InChI is InChI=1S/C9H20N2O/c1-9(2,3)8-6(5-12)4-7(10)11-8/h6-8,11-12H,4-5,10H2,1-3H3. The van der Waals surface area contributed by atoms with E-state index in [9.17, 15) is 0 Å². The van der Waals surface area contributed by atoms with Gasteiger partial charge in [-0.3, -0.25) is 5.32 Å². The number of hydrogen-bond donors (Lipinski definition) is 3. The van der Waals surface area contributed by atoms with Crippen LogP contribution in [0.2, 0.25) is 0 Å². The summed E-state index contributed by atoms with van der Waals surface area (Å²) in [6, 6.07) is 0.345. The van der Waals surface area contributed by atoms with Crippen LogP contribution < -0.4 is 11.1 Å². The molecule has 1 heterocycles. The Labute approximate surface area is 74.3 Å². The van der Waals surface area contributed by atoms with Gasteiger partial charge in [0.2, 0.25) is 0 Å². The third-order valence-corrected chi connectivity index (χ3v) is 2.59. The van der Waals surface area contributed by atoms with Crippen LogP contribution in [0.3, 0.4) is 0 Å². The van der Waals surface area contributed by atoms with Crippen molar-refractivity contribution >= 4 is 0 Å². The number of nitrogens with two attached hydrogens (primary N) is 1. The molecule has 3 nitrogen and oxygen atoms in total. The minimum Gasteiger partial charge on any atom is -0.396 e. The Morgan fingerprint density at radius 2 is 2.08 bits per heavy atom. The molecule has 4 N–H and O–H groups in total. The predicted octanol–water partition coefficient (Wildman–Crippen LogP) is 0.288. The second kappa shape index (κ2) is 3.32. The van der Waals surface area contributed by atoms with E-state index in [4.69, 9.17) is 10.8 Å². The van der Waals surface area contributed by atoms with Crippen molar-refractivity contribution in [1.29, 1.82) is 0 Å². The summed E-state index contributed by atoms with van der Waals surface area (Å²) in [5.74, 6) is 0.319. The fraction of sp³-hybridized carbons (Fsp3) is 1.00. The lowest BCUT2D eigenvalue weighted by molar-refractivity contribution is 0.159. The molecular formula is C9H20N2O. The van der Waals surface area contributed by atoms with Gasteiger partial charge in [-0.2, -0.15) is 0 Å². The number of nitrogens with one attached hydrogen (secondary N) is 1. The van der Waals surface area contributed by atoms with Gasteiger partial charge in [-0.15, -0.1) is 0 Å². The van der Waals surface area contributed by atoms with Gasteiger partial charge in [0.1, 0.15) is 0 Å². The van der Waals surface area contributed by atoms with Crippen LogP contribution in [0.4, 0.5) is 0 Å². The summed E-state index contributed by atoms with van der Waals surface area (Å²) in [6.45, 7) is 6.75. The van der Waals surface area contributed by atoms with E-state index in [1.165, 1.54) is 0 Å². The first-order chi connectivity index (χ1) is 5.45. The summed E-state index contributed by atoms with van der Waals surface area (Å²) in [5, 5.41) is 12.4. The molecule has 0 saturated carbocycles. The van der Waals surface area contributed by atoms with Crippen molar-refractivity contribution in [1.82, 2.24) is 5.32 Å². The molecule has 1 aliphatic rings. The largest absolute Gasteiger partial charge is 0.396 e. The fourth-order valence-corrected chi connectivity index (χ4v) is 2.03. The number of aliphatic hydroxyl groups is 1. The van der Waals surface area contributed by atoms with E-state index in [1.54, 1.807) is 0 Å². The van der Waals surface area contributed by atoms with Crippen LogP contribution >= 0.6 is 0 Å². The van der Waals surface area contributed by atoms with Crippen molar-refractivity contribution in [2.24, 2.45) is 17.1 Å². The van der Waals surface area contributed by atoms with Crippen LogP contribution in [0, 0.1) is 11.3 Å². The minimum absolute atomic E-state index is 0.0615. The SMILES string of the molecule is CC(C)(C)C1NC(N)CC1CO. The predicted molar refractivity (Wildman–Crippen MR) is 49.5 cm³/mol. The van der Waals surface area contributed by atoms with Gasteiger partial charge in [0.25, 0.3) is 0 Å². The summed E-state index contributed by atoms with van der Waals surface area (Å²) >= 11 is 0. The van der Waals surface area contributed by atoms with Crippen molar-refractivity contribution in [3.8, 4) is 0 Å². The maximum Gasteiger partial charge on any atom is 0.0552 e. The van der Waals surface area contributed by atoms with E-state index >= 15 is 0 Å². The van der Waals surface area contributed by atoms with Gasteiger partial charge in [0, 0.05) is 18.6 Å². The molecule has 1 fully saturated rings. The molecule has 3 unspecified atom stereocenters. The molecule has 0 aliphatic carbocycles. The van der Waals surface area contributed by atoms with Gasteiger partial charge in [0.05, 0.1) is 6.17 Å². The Balaban J connectivity index is 2.64. The maximum absolute atomic E-state index is 9.12. The Morgan fingerprint density at radius 3 is 2.42 bits per heavy atom. The molecule has 1 saturated heterocycles. The molecule has 0 aromatic heterocycles. The highest BCUT2D eigenvalue weighted by molar-refractivity contribution is 4.94. The summed E-state index contributed by atoms with van der Waals surface area (Å²) in [5.41, 5.74) is 5.95. The first-order valence-electron chi connectivity index (χ1n) is 4.57. The van der Waals surface area contributed by atoms with Gasteiger partial charge < -0.3 is 10.8 Å². The van der Waals surface area contributed by atoms with Crippen molar-refractivity contribution < 1.29 is 5.11 Å². The van der Waals surface area contributed by atoms with Crippen LogP contribution in [0.15, 0.2) is 0 Å². The van der Waals surface area contributed by atoms with E-state index in [0.29, 0.717) is 12.0 Å². The van der Waals surface area contributed by atoms with Crippen molar-refractivity contribution in [3.05, 3.63) is 0 Å². The molecule has 0 amide bonds. The highest BCUT2D eigenvalue weighted by Crippen LogP contribution is 2.31. The molecule has 1 rings (SSSR count). The number of rotatable bonds is 1. The van der Waals surface area contributed by atoms with Crippen LogP contribution in [0.1, 0.15) is 27.2 Å². The first-order valence-corrected chi connectivity index (χ1v) is 4.57. The highest BCUT2D eigenvalue weighted by Gasteiger charge is 2.38. The zero-order valence-electron chi connectivity index (χ0n) is 8.17. The quantitative estimate of drug-likeness (QED) is 0.533. The van der Waals surface area contributed by atoms with Crippen molar-refractivity contribution in [3.63, 3.8) is 0 Å². The van der Waals surface area contributed by atoms with Gasteiger partial charge in [-0.1, -0.05) is 20.8 Å². The molecule has 0 aromatic rings. The van der Waals surface area contributed by atoms with Crippen LogP contribution in [-0.2, 0) is 0 Å². The molecule has 0 aromatic carbocycles.